The molecule has 2 aliphatic rings. The SMILES string of the molecule is COC(=O)[C@]1(C)CN(c2ccccc2)N2C=Cc3ccccc3C21. The van der Waals surface area contributed by atoms with E-state index in [2.05, 4.69) is 46.6 Å². The Hall–Kier alpha value is -2.75. The molecule has 2 heterocycles. The fourth-order valence-corrected chi connectivity index (χ4v) is 3.87. The number of methoxy groups -OCH3 is 1. The minimum Gasteiger partial charge on any atom is -0.468 e. The zero-order valence-corrected chi connectivity index (χ0v) is 13.8. The first-order chi connectivity index (χ1) is 11.6. The Morgan fingerprint density at radius 1 is 1.12 bits per heavy atom. The fraction of sp³-hybridized carbons (Fsp3) is 0.250. The van der Waals surface area contributed by atoms with Crippen molar-refractivity contribution in [1.29, 1.82) is 0 Å². The topological polar surface area (TPSA) is 32.8 Å². The van der Waals surface area contributed by atoms with E-state index in [4.69, 9.17) is 4.74 Å². The first-order valence-corrected chi connectivity index (χ1v) is 8.11. The van der Waals surface area contributed by atoms with Crippen LogP contribution in [0.3, 0.4) is 0 Å². The summed E-state index contributed by atoms with van der Waals surface area (Å²) >= 11 is 0. The number of hydrogen-bond acceptors (Lipinski definition) is 4. The number of esters is 1. The van der Waals surface area contributed by atoms with Gasteiger partial charge in [0.15, 0.2) is 0 Å². The van der Waals surface area contributed by atoms with Crippen LogP contribution in [-0.2, 0) is 9.53 Å². The van der Waals surface area contributed by atoms with Crippen molar-refractivity contribution in [2.24, 2.45) is 5.41 Å². The number of hydrogen-bond donors (Lipinski definition) is 0. The van der Waals surface area contributed by atoms with Crippen LogP contribution < -0.4 is 5.01 Å². The maximum atomic E-state index is 12.7. The van der Waals surface area contributed by atoms with Gasteiger partial charge in [-0.15, -0.1) is 0 Å². The summed E-state index contributed by atoms with van der Waals surface area (Å²) in [7, 11) is 1.47. The Labute approximate surface area is 141 Å². The van der Waals surface area contributed by atoms with Gasteiger partial charge in [-0.25, -0.2) is 0 Å². The molecule has 0 spiro atoms. The van der Waals surface area contributed by atoms with Crippen molar-refractivity contribution in [2.45, 2.75) is 13.0 Å². The van der Waals surface area contributed by atoms with Gasteiger partial charge in [0.2, 0.25) is 0 Å². The number of carbonyl (C=O) groups excluding carboxylic acids is 1. The van der Waals surface area contributed by atoms with Gasteiger partial charge >= 0.3 is 5.97 Å². The standard InChI is InChI=1S/C20H20N2O2/c1-20(19(23)24-2)14-22(16-9-4-3-5-10-16)21-13-12-15-8-6-7-11-17(15)18(20)21/h3-13,18H,14H2,1-2H3/t18?,20-/m1/s1. The molecule has 0 aliphatic carbocycles. The van der Waals surface area contributed by atoms with E-state index >= 15 is 0 Å². The van der Waals surface area contributed by atoms with Gasteiger partial charge < -0.3 is 4.74 Å². The van der Waals surface area contributed by atoms with E-state index in [-0.39, 0.29) is 12.0 Å². The van der Waals surface area contributed by atoms with Crippen LogP contribution in [0.15, 0.2) is 60.8 Å². The van der Waals surface area contributed by atoms with Gasteiger partial charge in [-0.3, -0.25) is 14.8 Å². The Morgan fingerprint density at radius 2 is 1.83 bits per heavy atom. The van der Waals surface area contributed by atoms with Gasteiger partial charge in [-0.1, -0.05) is 42.5 Å². The maximum absolute atomic E-state index is 12.7. The lowest BCUT2D eigenvalue weighted by Gasteiger charge is -2.37. The minimum absolute atomic E-state index is 0.0774. The van der Waals surface area contributed by atoms with Crippen LogP contribution in [0.25, 0.3) is 6.08 Å². The Bertz CT molecular complexity index is 802. The van der Waals surface area contributed by atoms with E-state index in [9.17, 15) is 4.79 Å². The van der Waals surface area contributed by atoms with Gasteiger partial charge in [-0.05, 0) is 36.3 Å². The van der Waals surface area contributed by atoms with Crippen molar-refractivity contribution in [3.05, 3.63) is 71.9 Å². The molecule has 1 saturated heterocycles. The number of ether oxygens (including phenoxy) is 1. The van der Waals surface area contributed by atoms with Crippen LogP contribution >= 0.6 is 0 Å². The van der Waals surface area contributed by atoms with Crippen LogP contribution in [0.2, 0.25) is 0 Å². The largest absolute Gasteiger partial charge is 0.468 e. The van der Waals surface area contributed by atoms with E-state index in [0.29, 0.717) is 6.54 Å². The van der Waals surface area contributed by atoms with Crippen LogP contribution in [0.5, 0.6) is 0 Å². The van der Waals surface area contributed by atoms with Gasteiger partial charge in [0.1, 0.15) is 5.41 Å². The summed E-state index contributed by atoms with van der Waals surface area (Å²) in [6.45, 7) is 2.57. The number of benzene rings is 2. The molecule has 2 aromatic rings. The molecule has 1 unspecified atom stereocenters. The zero-order chi connectivity index (χ0) is 16.7. The van der Waals surface area contributed by atoms with Crippen LogP contribution in [-0.4, -0.2) is 24.6 Å². The Kier molecular flexibility index (Phi) is 3.34. The predicted molar refractivity (Wildman–Crippen MR) is 94.0 cm³/mol. The number of nitrogens with zero attached hydrogens (tertiary/aromatic N) is 2. The van der Waals surface area contributed by atoms with E-state index in [1.165, 1.54) is 7.11 Å². The fourth-order valence-electron chi connectivity index (χ4n) is 3.87. The molecule has 4 heteroatoms. The van der Waals surface area contributed by atoms with Crippen LogP contribution in [0.1, 0.15) is 24.1 Å². The molecule has 24 heavy (non-hydrogen) atoms. The molecule has 122 valence electrons. The summed E-state index contributed by atoms with van der Waals surface area (Å²) in [6.07, 6.45) is 4.17. The quantitative estimate of drug-likeness (QED) is 0.791. The van der Waals surface area contributed by atoms with Crippen molar-refractivity contribution in [1.82, 2.24) is 5.01 Å². The predicted octanol–water partition coefficient (Wildman–Crippen LogP) is 3.63. The average Bonchev–Trinajstić information content (AvgIpc) is 2.96. The lowest BCUT2D eigenvalue weighted by atomic mass is 9.77. The highest BCUT2D eigenvalue weighted by molar-refractivity contribution is 5.81. The molecule has 0 aromatic heterocycles. The molecule has 0 saturated carbocycles. The van der Waals surface area contributed by atoms with Crippen LogP contribution in [0.4, 0.5) is 5.69 Å². The number of fused-ring (bicyclic) bond motifs is 3. The third-order valence-electron chi connectivity index (χ3n) is 5.03. The van der Waals surface area contributed by atoms with E-state index in [1.807, 2.05) is 37.3 Å². The number of carbonyl (C=O) groups is 1. The molecular formula is C20H20N2O2. The maximum Gasteiger partial charge on any atom is 0.315 e. The lowest BCUT2D eigenvalue weighted by molar-refractivity contribution is -0.152. The minimum atomic E-state index is -0.647. The molecule has 1 fully saturated rings. The van der Waals surface area contributed by atoms with E-state index in [0.717, 1.165) is 16.8 Å². The molecule has 0 radical (unpaired) electrons. The van der Waals surface area contributed by atoms with E-state index in [1.54, 1.807) is 0 Å². The monoisotopic (exact) mass is 320 g/mol. The molecule has 0 bridgehead atoms. The second-order valence-electron chi connectivity index (χ2n) is 6.53. The first-order valence-electron chi connectivity index (χ1n) is 8.11. The molecule has 4 rings (SSSR count). The van der Waals surface area contributed by atoms with E-state index < -0.39 is 5.41 Å². The number of anilines is 1. The highest BCUT2D eigenvalue weighted by Crippen LogP contribution is 2.51. The molecule has 2 atom stereocenters. The highest BCUT2D eigenvalue weighted by Gasteiger charge is 2.55. The molecule has 2 aliphatic heterocycles. The summed E-state index contributed by atoms with van der Waals surface area (Å²) in [5.41, 5.74) is 2.74. The Morgan fingerprint density at radius 3 is 2.58 bits per heavy atom. The molecular weight excluding hydrogens is 300 g/mol. The normalized spacial score (nSPS) is 24.5. The van der Waals surface area contributed by atoms with Crippen molar-refractivity contribution in [3.8, 4) is 0 Å². The molecule has 0 amide bonds. The van der Waals surface area contributed by atoms with Crippen molar-refractivity contribution >= 4 is 17.7 Å². The van der Waals surface area contributed by atoms with Crippen molar-refractivity contribution in [3.63, 3.8) is 0 Å². The number of rotatable bonds is 2. The third-order valence-corrected chi connectivity index (χ3v) is 5.03. The molecule has 2 aromatic carbocycles. The summed E-state index contributed by atoms with van der Waals surface area (Å²) in [5.74, 6) is -0.180. The van der Waals surface area contributed by atoms with Gasteiger partial charge in [0, 0.05) is 6.20 Å². The second kappa shape index (κ2) is 5.41. The van der Waals surface area contributed by atoms with Crippen molar-refractivity contribution < 1.29 is 9.53 Å². The highest BCUT2D eigenvalue weighted by atomic mass is 16.5. The smallest absolute Gasteiger partial charge is 0.315 e. The van der Waals surface area contributed by atoms with Gasteiger partial charge in [0.25, 0.3) is 0 Å². The van der Waals surface area contributed by atoms with Crippen LogP contribution in [0, 0.1) is 5.41 Å². The van der Waals surface area contributed by atoms with Crippen molar-refractivity contribution in [2.75, 3.05) is 18.7 Å². The first kappa shape index (κ1) is 14.8. The third kappa shape index (κ3) is 2.03. The Balaban J connectivity index is 1.86. The summed E-state index contributed by atoms with van der Waals surface area (Å²) in [5, 5.41) is 4.32. The summed E-state index contributed by atoms with van der Waals surface area (Å²) in [6, 6.07) is 18.3. The summed E-state index contributed by atoms with van der Waals surface area (Å²) < 4.78 is 5.17. The zero-order valence-electron chi connectivity index (χ0n) is 13.8. The average molecular weight is 320 g/mol. The lowest BCUT2D eigenvalue weighted by Crippen LogP contribution is -2.38. The number of para-hydroxylation sites is 1. The van der Waals surface area contributed by atoms with Gasteiger partial charge in [-0.2, -0.15) is 0 Å². The second-order valence-corrected chi connectivity index (χ2v) is 6.53. The van der Waals surface area contributed by atoms with Gasteiger partial charge in [0.05, 0.1) is 25.4 Å². The number of hydrazine groups is 1. The summed E-state index contributed by atoms with van der Waals surface area (Å²) in [4.78, 5) is 12.7. The molecule has 4 nitrogen and oxygen atoms in total. The molecule has 0 N–H and O–H groups in total.